The maximum atomic E-state index is 11.8. The van der Waals surface area contributed by atoms with Gasteiger partial charge in [-0.05, 0) is 30.5 Å². The van der Waals surface area contributed by atoms with E-state index in [1.807, 2.05) is 31.2 Å². The SMILES string of the molecule is CCCNC(=O)c1cccc(NCC(C)CC)c1. The first-order valence-electron chi connectivity index (χ1n) is 6.79. The van der Waals surface area contributed by atoms with Crippen molar-refractivity contribution in [1.29, 1.82) is 0 Å². The minimum absolute atomic E-state index is 0.00374. The van der Waals surface area contributed by atoms with Crippen LogP contribution in [0.25, 0.3) is 0 Å². The van der Waals surface area contributed by atoms with Crippen molar-refractivity contribution in [2.75, 3.05) is 18.4 Å². The van der Waals surface area contributed by atoms with Gasteiger partial charge in [-0.25, -0.2) is 0 Å². The number of nitrogens with one attached hydrogen (secondary N) is 2. The van der Waals surface area contributed by atoms with Gasteiger partial charge in [0.25, 0.3) is 5.91 Å². The summed E-state index contributed by atoms with van der Waals surface area (Å²) in [5.74, 6) is 0.645. The third-order valence-corrected chi connectivity index (χ3v) is 3.01. The second kappa shape index (κ2) is 7.75. The van der Waals surface area contributed by atoms with Crippen molar-refractivity contribution < 1.29 is 4.79 Å². The highest BCUT2D eigenvalue weighted by atomic mass is 16.1. The van der Waals surface area contributed by atoms with Crippen LogP contribution in [0.5, 0.6) is 0 Å². The van der Waals surface area contributed by atoms with E-state index in [1.165, 1.54) is 0 Å². The molecule has 0 saturated heterocycles. The molecule has 1 rings (SSSR count). The van der Waals surface area contributed by atoms with Crippen LogP contribution in [0.1, 0.15) is 44.0 Å². The summed E-state index contributed by atoms with van der Waals surface area (Å²) in [7, 11) is 0. The highest BCUT2D eigenvalue weighted by Crippen LogP contribution is 2.12. The van der Waals surface area contributed by atoms with Crippen LogP contribution in [-0.4, -0.2) is 19.0 Å². The molecule has 3 nitrogen and oxygen atoms in total. The lowest BCUT2D eigenvalue weighted by atomic mass is 10.1. The molecule has 0 aliphatic rings. The number of anilines is 1. The Balaban J connectivity index is 2.58. The maximum absolute atomic E-state index is 11.8. The van der Waals surface area contributed by atoms with Crippen molar-refractivity contribution in [3.05, 3.63) is 29.8 Å². The summed E-state index contributed by atoms with van der Waals surface area (Å²) in [4.78, 5) is 11.8. The van der Waals surface area contributed by atoms with Gasteiger partial charge < -0.3 is 10.6 Å². The monoisotopic (exact) mass is 248 g/mol. The van der Waals surface area contributed by atoms with Crippen LogP contribution in [0, 0.1) is 5.92 Å². The standard InChI is InChI=1S/C15H24N2O/c1-4-9-16-15(18)13-7-6-8-14(10-13)17-11-12(3)5-2/h6-8,10,12,17H,4-5,9,11H2,1-3H3,(H,16,18). The molecule has 0 aromatic heterocycles. The predicted molar refractivity (Wildman–Crippen MR) is 77.0 cm³/mol. The van der Waals surface area contributed by atoms with Crippen LogP contribution in [0.3, 0.4) is 0 Å². The van der Waals surface area contributed by atoms with Crippen molar-refractivity contribution in [3.8, 4) is 0 Å². The van der Waals surface area contributed by atoms with E-state index >= 15 is 0 Å². The molecule has 1 unspecified atom stereocenters. The smallest absolute Gasteiger partial charge is 0.251 e. The van der Waals surface area contributed by atoms with Gasteiger partial charge in [0.1, 0.15) is 0 Å². The predicted octanol–water partition coefficient (Wildman–Crippen LogP) is 3.28. The van der Waals surface area contributed by atoms with E-state index in [9.17, 15) is 4.79 Å². The summed E-state index contributed by atoms with van der Waals surface area (Å²) < 4.78 is 0. The van der Waals surface area contributed by atoms with Crippen molar-refractivity contribution in [1.82, 2.24) is 5.32 Å². The van der Waals surface area contributed by atoms with Gasteiger partial charge in [-0.3, -0.25) is 4.79 Å². The maximum Gasteiger partial charge on any atom is 0.251 e. The van der Waals surface area contributed by atoms with Gasteiger partial charge >= 0.3 is 0 Å². The molecule has 0 heterocycles. The Kier molecular flexibility index (Phi) is 6.26. The molecule has 1 aromatic carbocycles. The summed E-state index contributed by atoms with van der Waals surface area (Å²) >= 11 is 0. The van der Waals surface area contributed by atoms with Crippen molar-refractivity contribution in [3.63, 3.8) is 0 Å². The average Bonchev–Trinajstić information content (AvgIpc) is 2.42. The number of hydrogen-bond acceptors (Lipinski definition) is 2. The second-order valence-electron chi connectivity index (χ2n) is 4.73. The highest BCUT2D eigenvalue weighted by Gasteiger charge is 2.05. The molecular weight excluding hydrogens is 224 g/mol. The molecule has 1 amide bonds. The quantitative estimate of drug-likeness (QED) is 0.777. The van der Waals surface area contributed by atoms with Crippen LogP contribution in [0.2, 0.25) is 0 Å². The van der Waals surface area contributed by atoms with Crippen molar-refractivity contribution in [2.24, 2.45) is 5.92 Å². The number of carbonyl (C=O) groups is 1. The molecule has 0 saturated carbocycles. The van der Waals surface area contributed by atoms with Gasteiger partial charge in [-0.2, -0.15) is 0 Å². The third kappa shape index (κ3) is 4.78. The van der Waals surface area contributed by atoms with Crippen LogP contribution >= 0.6 is 0 Å². The minimum Gasteiger partial charge on any atom is -0.385 e. The highest BCUT2D eigenvalue weighted by molar-refractivity contribution is 5.95. The number of carbonyl (C=O) groups excluding carboxylic acids is 1. The van der Waals surface area contributed by atoms with Gasteiger partial charge in [0.2, 0.25) is 0 Å². The lowest BCUT2D eigenvalue weighted by molar-refractivity contribution is 0.0953. The largest absolute Gasteiger partial charge is 0.385 e. The summed E-state index contributed by atoms with van der Waals surface area (Å²) in [6.07, 6.45) is 2.11. The van der Waals surface area contributed by atoms with E-state index in [0.29, 0.717) is 5.92 Å². The van der Waals surface area contributed by atoms with Crippen LogP contribution < -0.4 is 10.6 Å². The molecule has 2 N–H and O–H groups in total. The number of rotatable bonds is 7. The zero-order valence-electron chi connectivity index (χ0n) is 11.6. The first kappa shape index (κ1) is 14.6. The fourth-order valence-corrected chi connectivity index (χ4v) is 1.55. The molecule has 3 heteroatoms. The molecule has 0 aliphatic heterocycles. The van der Waals surface area contributed by atoms with Crippen LogP contribution in [-0.2, 0) is 0 Å². The molecule has 0 aliphatic carbocycles. The lowest BCUT2D eigenvalue weighted by Gasteiger charge is -2.12. The van der Waals surface area contributed by atoms with Crippen molar-refractivity contribution in [2.45, 2.75) is 33.6 Å². The zero-order valence-corrected chi connectivity index (χ0v) is 11.6. The fraction of sp³-hybridized carbons (Fsp3) is 0.533. The minimum atomic E-state index is 0.00374. The van der Waals surface area contributed by atoms with Gasteiger partial charge in [0.05, 0.1) is 0 Å². The summed E-state index contributed by atoms with van der Waals surface area (Å²) in [5.41, 5.74) is 1.73. The third-order valence-electron chi connectivity index (χ3n) is 3.01. The molecular formula is C15H24N2O. The van der Waals surface area contributed by atoms with Crippen LogP contribution in [0.4, 0.5) is 5.69 Å². The number of amides is 1. The van der Waals surface area contributed by atoms with E-state index in [0.717, 1.165) is 37.2 Å². The Morgan fingerprint density at radius 2 is 2.11 bits per heavy atom. The fourth-order valence-electron chi connectivity index (χ4n) is 1.55. The molecule has 1 atom stereocenters. The summed E-state index contributed by atoms with van der Waals surface area (Å²) in [5, 5.41) is 6.25. The van der Waals surface area contributed by atoms with E-state index in [-0.39, 0.29) is 5.91 Å². The second-order valence-corrected chi connectivity index (χ2v) is 4.73. The normalized spacial score (nSPS) is 11.9. The Hall–Kier alpha value is -1.51. The van der Waals surface area contributed by atoms with E-state index < -0.39 is 0 Å². The molecule has 0 fully saturated rings. The van der Waals surface area contributed by atoms with E-state index in [2.05, 4.69) is 24.5 Å². The Labute approximate surface area is 110 Å². The van der Waals surface area contributed by atoms with E-state index in [1.54, 1.807) is 0 Å². The van der Waals surface area contributed by atoms with E-state index in [4.69, 9.17) is 0 Å². The lowest BCUT2D eigenvalue weighted by Crippen LogP contribution is -2.24. The van der Waals surface area contributed by atoms with Crippen molar-refractivity contribution >= 4 is 11.6 Å². The first-order chi connectivity index (χ1) is 8.67. The number of benzene rings is 1. The Bertz CT molecular complexity index is 377. The number of hydrogen-bond donors (Lipinski definition) is 2. The molecule has 0 spiro atoms. The molecule has 0 radical (unpaired) electrons. The first-order valence-corrected chi connectivity index (χ1v) is 6.79. The summed E-state index contributed by atoms with van der Waals surface area (Å²) in [6, 6.07) is 7.67. The molecule has 1 aromatic rings. The Morgan fingerprint density at radius 1 is 1.33 bits per heavy atom. The molecule has 18 heavy (non-hydrogen) atoms. The van der Waals surface area contributed by atoms with Gasteiger partial charge in [0.15, 0.2) is 0 Å². The molecule has 100 valence electrons. The summed E-state index contributed by atoms with van der Waals surface area (Å²) in [6.45, 7) is 8.11. The van der Waals surface area contributed by atoms with Gasteiger partial charge in [-0.1, -0.05) is 33.3 Å². The van der Waals surface area contributed by atoms with Crippen LogP contribution in [0.15, 0.2) is 24.3 Å². The Morgan fingerprint density at radius 3 is 2.78 bits per heavy atom. The molecule has 0 bridgehead atoms. The topological polar surface area (TPSA) is 41.1 Å². The van der Waals surface area contributed by atoms with Gasteiger partial charge in [-0.15, -0.1) is 0 Å². The zero-order chi connectivity index (χ0) is 13.4. The average molecular weight is 248 g/mol. The van der Waals surface area contributed by atoms with Gasteiger partial charge in [0, 0.05) is 24.3 Å².